The molecule has 0 atom stereocenters. The molecular weight excluding hydrogens is 462 g/mol. The van der Waals surface area contributed by atoms with Gasteiger partial charge in [-0.15, -0.1) is 0 Å². The van der Waals surface area contributed by atoms with E-state index in [4.69, 9.17) is 0 Å². The predicted octanol–water partition coefficient (Wildman–Crippen LogP) is 4.08. The second-order valence-corrected chi connectivity index (χ2v) is 13.3. The van der Waals surface area contributed by atoms with Crippen LogP contribution >= 0.6 is 0 Å². The number of hydrogen-bond acceptors (Lipinski definition) is 4. The van der Waals surface area contributed by atoms with Crippen LogP contribution in [0.2, 0.25) is 0 Å². The smallest absolute Gasteiger partial charge is 0.243 e. The molecule has 1 heterocycles. The quantitative estimate of drug-likeness (QED) is 0.527. The van der Waals surface area contributed by atoms with Gasteiger partial charge in [0.1, 0.15) is 0 Å². The molecule has 4 bridgehead atoms. The van der Waals surface area contributed by atoms with Crippen LogP contribution in [-0.2, 0) is 19.6 Å². The number of carbonyl (C=O) groups is 2. The highest BCUT2D eigenvalue weighted by atomic mass is 32.2. The molecule has 0 aromatic heterocycles. The second-order valence-electron chi connectivity index (χ2n) is 11.4. The number of nitrogens with zero attached hydrogens (tertiary/aromatic N) is 1. The Labute approximate surface area is 208 Å². The molecule has 2 N–H and O–H groups in total. The van der Waals surface area contributed by atoms with E-state index in [9.17, 15) is 18.0 Å². The van der Waals surface area contributed by atoms with Crippen LogP contribution in [0.5, 0.6) is 0 Å². The van der Waals surface area contributed by atoms with E-state index in [1.807, 2.05) is 0 Å². The van der Waals surface area contributed by atoms with E-state index < -0.39 is 10.0 Å². The van der Waals surface area contributed by atoms with Crippen molar-refractivity contribution in [2.75, 3.05) is 18.4 Å². The number of amides is 2. The number of piperidine rings is 1. The van der Waals surface area contributed by atoms with Crippen LogP contribution in [0.1, 0.15) is 64.2 Å². The molecule has 4 saturated carbocycles. The van der Waals surface area contributed by atoms with E-state index in [0.717, 1.165) is 24.2 Å². The summed E-state index contributed by atoms with van der Waals surface area (Å²) in [6.07, 6.45) is 12.0. The van der Waals surface area contributed by atoms with Gasteiger partial charge < -0.3 is 10.6 Å². The Bertz CT molecular complexity index is 1040. The summed E-state index contributed by atoms with van der Waals surface area (Å²) >= 11 is 0. The van der Waals surface area contributed by atoms with Crippen molar-refractivity contribution in [3.8, 4) is 0 Å². The number of sulfonamides is 1. The van der Waals surface area contributed by atoms with Crippen molar-refractivity contribution < 1.29 is 18.0 Å². The fourth-order valence-corrected chi connectivity index (χ4v) is 9.03. The summed E-state index contributed by atoms with van der Waals surface area (Å²) in [4.78, 5) is 24.4. The van der Waals surface area contributed by atoms with Crippen molar-refractivity contribution in [2.45, 2.75) is 75.1 Å². The number of rotatable bonds is 8. The van der Waals surface area contributed by atoms with Gasteiger partial charge in [0.25, 0.3) is 0 Å². The largest absolute Gasteiger partial charge is 0.350 e. The first-order chi connectivity index (χ1) is 16.7. The molecule has 5 fully saturated rings. The second kappa shape index (κ2) is 9.69. The van der Waals surface area contributed by atoms with E-state index in [1.165, 1.54) is 48.9 Å². The fourth-order valence-electron chi connectivity index (χ4n) is 7.56. The highest BCUT2D eigenvalue weighted by molar-refractivity contribution is 7.89. The molecule has 0 radical (unpaired) electrons. The van der Waals surface area contributed by atoms with Gasteiger partial charge in [0.15, 0.2) is 0 Å². The van der Waals surface area contributed by atoms with Crippen molar-refractivity contribution in [3.63, 3.8) is 0 Å². The molecule has 1 aromatic carbocycles. The highest BCUT2D eigenvalue weighted by Crippen LogP contribution is 2.61. The van der Waals surface area contributed by atoms with Gasteiger partial charge in [-0.05, 0) is 111 Å². The van der Waals surface area contributed by atoms with E-state index in [-0.39, 0.29) is 22.8 Å². The van der Waals surface area contributed by atoms with E-state index >= 15 is 0 Å². The minimum atomic E-state index is -3.61. The first kappa shape index (κ1) is 24.5. The Balaban J connectivity index is 1.12. The normalized spacial score (nSPS) is 30.7. The Hall–Kier alpha value is -2.19. The fraction of sp³-hybridized carbons (Fsp3) is 0.630. The van der Waals surface area contributed by atoms with Crippen LogP contribution < -0.4 is 10.6 Å². The van der Waals surface area contributed by atoms with Gasteiger partial charge in [0, 0.05) is 31.2 Å². The maximum atomic E-state index is 13.0. The Morgan fingerprint density at radius 2 is 1.57 bits per heavy atom. The zero-order valence-electron chi connectivity index (χ0n) is 20.4. The van der Waals surface area contributed by atoms with Crippen LogP contribution in [-0.4, -0.2) is 43.7 Å². The lowest BCUT2D eigenvalue weighted by atomic mass is 9.48. The van der Waals surface area contributed by atoms with Crippen molar-refractivity contribution in [3.05, 3.63) is 36.9 Å². The van der Waals surface area contributed by atoms with Crippen LogP contribution in [0.25, 0.3) is 0 Å². The van der Waals surface area contributed by atoms with Crippen LogP contribution in [0.4, 0.5) is 5.69 Å². The SMILES string of the molecule is C=CC(=O)NC1CCN(S(=O)(=O)c2ccc(NC(=O)CCC34CC5CC(CC(C5)C3)C4)cc2)CC1. The van der Waals surface area contributed by atoms with Gasteiger partial charge in [0.2, 0.25) is 21.8 Å². The molecule has 4 aliphatic carbocycles. The lowest BCUT2D eigenvalue weighted by Crippen LogP contribution is -2.46. The van der Waals surface area contributed by atoms with E-state index in [1.54, 1.807) is 24.3 Å². The Kier molecular flexibility index (Phi) is 6.79. The van der Waals surface area contributed by atoms with Crippen molar-refractivity contribution in [1.29, 1.82) is 0 Å². The van der Waals surface area contributed by atoms with Crippen molar-refractivity contribution in [1.82, 2.24) is 9.62 Å². The lowest BCUT2D eigenvalue weighted by molar-refractivity contribution is -0.119. The van der Waals surface area contributed by atoms with E-state index in [2.05, 4.69) is 17.2 Å². The molecule has 1 saturated heterocycles. The average Bonchev–Trinajstić information content (AvgIpc) is 2.83. The van der Waals surface area contributed by atoms with E-state index in [0.29, 0.717) is 43.5 Å². The number of hydrogen-bond donors (Lipinski definition) is 2. The zero-order valence-corrected chi connectivity index (χ0v) is 21.2. The van der Waals surface area contributed by atoms with Crippen LogP contribution in [0, 0.1) is 23.2 Å². The maximum absolute atomic E-state index is 13.0. The molecule has 2 amide bonds. The molecule has 6 rings (SSSR count). The molecule has 0 spiro atoms. The predicted molar refractivity (Wildman–Crippen MR) is 135 cm³/mol. The third-order valence-electron chi connectivity index (χ3n) is 8.81. The summed E-state index contributed by atoms with van der Waals surface area (Å²) in [5.74, 6) is 2.43. The first-order valence-electron chi connectivity index (χ1n) is 13.1. The molecule has 190 valence electrons. The molecule has 0 unspecified atom stereocenters. The van der Waals surface area contributed by atoms with Gasteiger partial charge in [0.05, 0.1) is 4.90 Å². The topological polar surface area (TPSA) is 95.6 Å². The van der Waals surface area contributed by atoms with Gasteiger partial charge in [-0.3, -0.25) is 9.59 Å². The summed E-state index contributed by atoms with van der Waals surface area (Å²) in [5, 5.41) is 5.80. The summed E-state index contributed by atoms with van der Waals surface area (Å²) in [5.41, 5.74) is 1.01. The van der Waals surface area contributed by atoms with Crippen molar-refractivity contribution in [2.24, 2.45) is 23.2 Å². The molecule has 7 nitrogen and oxygen atoms in total. The number of anilines is 1. The number of nitrogens with one attached hydrogen (secondary N) is 2. The van der Waals surface area contributed by atoms with Gasteiger partial charge in [-0.1, -0.05) is 6.58 Å². The van der Waals surface area contributed by atoms with Gasteiger partial charge >= 0.3 is 0 Å². The number of benzene rings is 1. The number of carbonyl (C=O) groups excluding carboxylic acids is 2. The summed E-state index contributed by atoms with van der Waals surface area (Å²) in [6, 6.07) is 6.44. The molecular formula is C27H37N3O4S. The highest BCUT2D eigenvalue weighted by Gasteiger charge is 2.50. The Morgan fingerprint density at radius 1 is 1.00 bits per heavy atom. The van der Waals surface area contributed by atoms with Crippen LogP contribution in [0.3, 0.4) is 0 Å². The standard InChI is InChI=1S/C27H37N3O4S/c1-2-25(31)28-23-8-11-30(12-9-23)35(33,34)24-5-3-22(4-6-24)29-26(32)7-10-27-16-19-13-20(17-27)15-21(14-19)18-27/h2-6,19-21,23H,1,7-18H2,(H,28,31)(H,29,32). The maximum Gasteiger partial charge on any atom is 0.243 e. The molecule has 8 heteroatoms. The minimum Gasteiger partial charge on any atom is -0.350 e. The Morgan fingerprint density at radius 3 is 2.11 bits per heavy atom. The molecule has 35 heavy (non-hydrogen) atoms. The third kappa shape index (κ3) is 5.33. The molecule has 5 aliphatic rings. The molecule has 1 aliphatic heterocycles. The van der Waals surface area contributed by atoms with Crippen molar-refractivity contribution >= 4 is 27.5 Å². The summed E-state index contributed by atoms with van der Waals surface area (Å²) in [6.45, 7) is 4.16. The molecule has 1 aromatic rings. The third-order valence-corrected chi connectivity index (χ3v) is 10.7. The zero-order chi connectivity index (χ0) is 24.6. The van der Waals surface area contributed by atoms with Crippen LogP contribution in [0.15, 0.2) is 41.8 Å². The van der Waals surface area contributed by atoms with Gasteiger partial charge in [-0.25, -0.2) is 8.42 Å². The van der Waals surface area contributed by atoms with Gasteiger partial charge in [-0.2, -0.15) is 4.31 Å². The summed E-state index contributed by atoms with van der Waals surface area (Å²) < 4.78 is 27.6. The average molecular weight is 500 g/mol. The lowest BCUT2D eigenvalue weighted by Gasteiger charge is -2.57. The summed E-state index contributed by atoms with van der Waals surface area (Å²) in [7, 11) is -3.61. The monoisotopic (exact) mass is 499 g/mol. The minimum absolute atomic E-state index is 0.0139. The first-order valence-corrected chi connectivity index (χ1v) is 14.5.